The summed E-state index contributed by atoms with van der Waals surface area (Å²) in [7, 11) is -3.66. The van der Waals surface area contributed by atoms with Crippen molar-refractivity contribution in [3.05, 3.63) is 41.9 Å². The molecule has 2 saturated heterocycles. The topological polar surface area (TPSA) is 64.6 Å². The third-order valence-corrected chi connectivity index (χ3v) is 8.89. The minimum Gasteiger partial charge on any atom is -0.493 e. The molecule has 156 valence electrons. The molecular formula is C21H30FNO4S. The van der Waals surface area contributed by atoms with E-state index in [9.17, 15) is 8.42 Å². The minimum absolute atomic E-state index is 0.0394. The van der Waals surface area contributed by atoms with Crippen molar-refractivity contribution in [2.24, 2.45) is 5.92 Å². The SMILES string of the molecule is C=C1N[C@@]2(c3cc(OCC(C)C)ccc3F)CO[C@@H](C)C[C@H]2S(=O)(=O)C1(C)C. The van der Waals surface area contributed by atoms with E-state index in [0.29, 0.717) is 24.0 Å². The van der Waals surface area contributed by atoms with Crippen molar-refractivity contribution >= 4 is 9.84 Å². The summed E-state index contributed by atoms with van der Waals surface area (Å²) in [6.45, 7) is 13.7. The maximum atomic E-state index is 15.0. The van der Waals surface area contributed by atoms with E-state index in [1.54, 1.807) is 26.0 Å². The van der Waals surface area contributed by atoms with E-state index in [4.69, 9.17) is 9.47 Å². The quantitative estimate of drug-likeness (QED) is 0.821. The lowest BCUT2D eigenvalue weighted by molar-refractivity contribution is -0.0314. The summed E-state index contributed by atoms with van der Waals surface area (Å²) in [5.41, 5.74) is -0.653. The number of nitrogens with one attached hydrogen (secondary N) is 1. The maximum Gasteiger partial charge on any atom is 0.166 e. The van der Waals surface area contributed by atoms with Crippen LogP contribution in [0.15, 0.2) is 30.5 Å². The Kier molecular flexibility index (Phi) is 5.30. The summed E-state index contributed by atoms with van der Waals surface area (Å²) in [6.07, 6.45) is 0.0445. The van der Waals surface area contributed by atoms with Crippen molar-refractivity contribution in [1.82, 2.24) is 5.32 Å². The van der Waals surface area contributed by atoms with Crippen molar-refractivity contribution < 1.29 is 22.3 Å². The second-order valence-electron chi connectivity index (χ2n) is 8.82. The Morgan fingerprint density at radius 3 is 2.71 bits per heavy atom. The van der Waals surface area contributed by atoms with Gasteiger partial charge in [-0.05, 0) is 51.3 Å². The Bertz CT molecular complexity index is 880. The first-order valence-corrected chi connectivity index (χ1v) is 11.2. The zero-order valence-corrected chi connectivity index (χ0v) is 18.0. The Balaban J connectivity index is 2.15. The molecule has 3 atom stereocenters. The number of ether oxygens (including phenoxy) is 2. The van der Waals surface area contributed by atoms with Crippen molar-refractivity contribution in [1.29, 1.82) is 0 Å². The molecule has 3 rings (SSSR count). The molecule has 2 aliphatic heterocycles. The Labute approximate surface area is 167 Å². The molecule has 0 radical (unpaired) electrons. The standard InChI is InChI=1S/C21H30FNO4S/c1-13(2)11-26-16-7-8-18(22)17(10-16)21-12-27-14(3)9-19(21)28(24,25)20(5,6)15(4)23-21/h7-8,10,13-14,19,23H,4,9,11-12H2,1-3,5-6H3/t14-,19+,21+/m0/s1. The van der Waals surface area contributed by atoms with Gasteiger partial charge in [0.15, 0.2) is 9.84 Å². The largest absolute Gasteiger partial charge is 0.493 e. The van der Waals surface area contributed by atoms with E-state index < -0.39 is 31.2 Å². The predicted octanol–water partition coefficient (Wildman–Crippen LogP) is 3.54. The van der Waals surface area contributed by atoms with E-state index in [1.165, 1.54) is 6.07 Å². The molecule has 1 aromatic rings. The van der Waals surface area contributed by atoms with Crippen LogP contribution in [0.25, 0.3) is 0 Å². The van der Waals surface area contributed by atoms with E-state index in [-0.39, 0.29) is 24.7 Å². The van der Waals surface area contributed by atoms with E-state index >= 15 is 4.39 Å². The average molecular weight is 412 g/mol. The lowest BCUT2D eigenvalue weighted by Crippen LogP contribution is -2.69. The highest BCUT2D eigenvalue weighted by molar-refractivity contribution is 7.93. The van der Waals surface area contributed by atoms with Gasteiger partial charge in [-0.25, -0.2) is 12.8 Å². The maximum absolute atomic E-state index is 15.0. The minimum atomic E-state index is -3.66. The summed E-state index contributed by atoms with van der Waals surface area (Å²) in [5, 5.41) is 2.42. The average Bonchev–Trinajstić information content (AvgIpc) is 2.61. The molecule has 0 aromatic heterocycles. The lowest BCUT2D eigenvalue weighted by Gasteiger charge is -2.54. The molecule has 1 N–H and O–H groups in total. The molecule has 7 heteroatoms. The van der Waals surface area contributed by atoms with Crippen LogP contribution in [0.4, 0.5) is 4.39 Å². The second-order valence-corrected chi connectivity index (χ2v) is 11.5. The van der Waals surface area contributed by atoms with Gasteiger partial charge in [0.05, 0.1) is 24.6 Å². The molecule has 0 aliphatic carbocycles. The number of fused-ring (bicyclic) bond motifs is 1. The van der Waals surface area contributed by atoms with Crippen LogP contribution in [0.5, 0.6) is 5.75 Å². The molecule has 2 fully saturated rings. The number of hydrogen-bond donors (Lipinski definition) is 1. The van der Waals surface area contributed by atoms with Crippen LogP contribution in [-0.4, -0.2) is 37.7 Å². The Hall–Kier alpha value is -1.60. The molecule has 0 bridgehead atoms. The summed E-state index contributed by atoms with van der Waals surface area (Å²) in [4.78, 5) is 0. The zero-order valence-electron chi connectivity index (χ0n) is 17.2. The van der Waals surface area contributed by atoms with E-state index in [0.717, 1.165) is 0 Å². The van der Waals surface area contributed by atoms with Gasteiger partial charge >= 0.3 is 0 Å². The highest BCUT2D eigenvalue weighted by Crippen LogP contribution is 2.48. The van der Waals surface area contributed by atoms with Gasteiger partial charge in [0.1, 0.15) is 21.9 Å². The third-order valence-electron chi connectivity index (χ3n) is 5.88. The molecule has 0 saturated carbocycles. The van der Waals surface area contributed by atoms with Crippen LogP contribution in [0.1, 0.15) is 46.6 Å². The summed E-state index contributed by atoms with van der Waals surface area (Å²) in [5.74, 6) is 0.328. The number of rotatable bonds is 4. The van der Waals surface area contributed by atoms with Gasteiger partial charge in [0, 0.05) is 11.3 Å². The van der Waals surface area contributed by atoms with Crippen LogP contribution in [0.2, 0.25) is 0 Å². The van der Waals surface area contributed by atoms with Crippen molar-refractivity contribution in [3.8, 4) is 5.75 Å². The first-order chi connectivity index (χ1) is 12.9. The Morgan fingerprint density at radius 1 is 1.39 bits per heavy atom. The first kappa shape index (κ1) is 21.1. The fourth-order valence-corrected chi connectivity index (χ4v) is 6.32. The van der Waals surface area contributed by atoms with Crippen LogP contribution in [0.3, 0.4) is 0 Å². The molecule has 0 unspecified atom stereocenters. The first-order valence-electron chi connectivity index (χ1n) is 9.67. The van der Waals surface area contributed by atoms with Gasteiger partial charge in [-0.1, -0.05) is 20.4 Å². The third kappa shape index (κ3) is 3.22. The lowest BCUT2D eigenvalue weighted by atomic mass is 9.81. The number of sulfone groups is 1. The second kappa shape index (κ2) is 7.02. The zero-order chi connectivity index (χ0) is 20.9. The van der Waals surface area contributed by atoms with Gasteiger partial charge in [-0.2, -0.15) is 0 Å². The molecule has 2 aliphatic rings. The van der Waals surface area contributed by atoms with Crippen LogP contribution >= 0.6 is 0 Å². The highest BCUT2D eigenvalue weighted by atomic mass is 32.2. The van der Waals surface area contributed by atoms with Crippen molar-refractivity contribution in [3.63, 3.8) is 0 Å². The molecule has 2 heterocycles. The van der Waals surface area contributed by atoms with Crippen LogP contribution in [0, 0.1) is 11.7 Å². The fourth-order valence-electron chi connectivity index (χ4n) is 3.91. The van der Waals surface area contributed by atoms with Crippen molar-refractivity contribution in [2.75, 3.05) is 13.2 Å². The number of hydrogen-bond acceptors (Lipinski definition) is 5. The molecule has 1 aromatic carbocycles. The molecule has 0 amide bonds. The van der Waals surface area contributed by atoms with E-state index in [1.807, 2.05) is 20.8 Å². The van der Waals surface area contributed by atoms with Crippen LogP contribution < -0.4 is 10.1 Å². The predicted molar refractivity (Wildman–Crippen MR) is 108 cm³/mol. The number of halogens is 1. The fraction of sp³-hybridized carbons (Fsp3) is 0.619. The highest BCUT2D eigenvalue weighted by Gasteiger charge is 2.61. The molecule has 28 heavy (non-hydrogen) atoms. The van der Waals surface area contributed by atoms with Gasteiger partial charge in [0.2, 0.25) is 0 Å². The molecular weight excluding hydrogens is 381 g/mol. The summed E-state index contributed by atoms with van der Waals surface area (Å²) < 4.78 is 52.5. The van der Waals surface area contributed by atoms with Gasteiger partial charge in [-0.3, -0.25) is 0 Å². The normalized spacial score (nSPS) is 31.2. The summed E-state index contributed by atoms with van der Waals surface area (Å²) >= 11 is 0. The number of benzene rings is 1. The van der Waals surface area contributed by atoms with Crippen molar-refractivity contribution in [2.45, 2.75) is 62.7 Å². The monoisotopic (exact) mass is 411 g/mol. The van der Waals surface area contributed by atoms with E-state index in [2.05, 4.69) is 11.9 Å². The van der Waals surface area contributed by atoms with Gasteiger partial charge in [-0.15, -0.1) is 0 Å². The van der Waals surface area contributed by atoms with Gasteiger partial charge in [0.25, 0.3) is 0 Å². The smallest absolute Gasteiger partial charge is 0.166 e. The molecule has 0 spiro atoms. The van der Waals surface area contributed by atoms with Crippen LogP contribution in [-0.2, 0) is 20.1 Å². The molecule has 5 nitrogen and oxygen atoms in total. The Morgan fingerprint density at radius 2 is 2.07 bits per heavy atom. The summed E-state index contributed by atoms with van der Waals surface area (Å²) in [6, 6.07) is 4.49. The van der Waals surface area contributed by atoms with Gasteiger partial charge < -0.3 is 14.8 Å².